The number of nitriles is 1. The molecule has 0 aliphatic heterocycles. The molecule has 118 valence electrons. The smallest absolute Gasteiger partial charge is 0.226 e. The number of carbonyl (C=O) groups is 1. The maximum atomic E-state index is 12.0. The summed E-state index contributed by atoms with van der Waals surface area (Å²) in [6.07, 6.45) is 1.66. The fourth-order valence-corrected chi connectivity index (χ4v) is 2.23. The molecule has 5 heteroatoms. The molecular formula is C19H15N3O2. The zero-order valence-corrected chi connectivity index (χ0v) is 12.9. The second-order valence-corrected chi connectivity index (χ2v) is 5.27. The number of nitrogens with one attached hydrogen (secondary N) is 1. The van der Waals surface area contributed by atoms with Gasteiger partial charge in [0.05, 0.1) is 23.7 Å². The van der Waals surface area contributed by atoms with E-state index in [4.69, 9.17) is 9.68 Å². The van der Waals surface area contributed by atoms with Crippen molar-refractivity contribution in [1.29, 1.82) is 5.26 Å². The summed E-state index contributed by atoms with van der Waals surface area (Å²) in [6, 6.07) is 18.7. The molecule has 1 amide bonds. The Morgan fingerprint density at radius 2 is 1.88 bits per heavy atom. The van der Waals surface area contributed by atoms with Crippen LogP contribution in [-0.4, -0.2) is 10.9 Å². The third-order valence-corrected chi connectivity index (χ3v) is 3.49. The van der Waals surface area contributed by atoms with Crippen molar-refractivity contribution < 1.29 is 9.21 Å². The second kappa shape index (κ2) is 7.25. The SMILES string of the molecule is N#Cc1ccc(CNC(=O)Cc2coc(-c3ccccc3)n2)cc1. The molecule has 0 aliphatic rings. The van der Waals surface area contributed by atoms with Crippen LogP contribution in [-0.2, 0) is 17.8 Å². The molecule has 3 rings (SSSR count). The second-order valence-electron chi connectivity index (χ2n) is 5.27. The van der Waals surface area contributed by atoms with Crippen LogP contribution in [0.3, 0.4) is 0 Å². The molecule has 0 unspecified atom stereocenters. The number of nitrogens with zero attached hydrogens (tertiary/aromatic N) is 2. The number of rotatable bonds is 5. The van der Waals surface area contributed by atoms with Gasteiger partial charge in [-0.2, -0.15) is 5.26 Å². The Labute approximate surface area is 139 Å². The molecule has 1 N–H and O–H groups in total. The third kappa shape index (κ3) is 3.87. The van der Waals surface area contributed by atoms with Crippen LogP contribution < -0.4 is 5.32 Å². The molecule has 0 spiro atoms. The highest BCUT2D eigenvalue weighted by Crippen LogP contribution is 2.18. The van der Waals surface area contributed by atoms with E-state index in [0.29, 0.717) is 23.7 Å². The topological polar surface area (TPSA) is 78.9 Å². The first-order valence-corrected chi connectivity index (χ1v) is 7.50. The van der Waals surface area contributed by atoms with Crippen molar-refractivity contribution in [3.05, 3.63) is 77.7 Å². The summed E-state index contributed by atoms with van der Waals surface area (Å²) in [6.45, 7) is 0.411. The van der Waals surface area contributed by atoms with E-state index in [1.54, 1.807) is 12.1 Å². The predicted molar refractivity (Wildman–Crippen MR) is 88.6 cm³/mol. The average Bonchev–Trinajstić information content (AvgIpc) is 3.09. The summed E-state index contributed by atoms with van der Waals surface area (Å²) < 4.78 is 5.42. The molecule has 1 heterocycles. The maximum Gasteiger partial charge on any atom is 0.226 e. The first-order valence-electron chi connectivity index (χ1n) is 7.50. The van der Waals surface area contributed by atoms with E-state index in [1.165, 1.54) is 6.26 Å². The summed E-state index contributed by atoms with van der Waals surface area (Å²) in [5, 5.41) is 11.6. The number of benzene rings is 2. The van der Waals surface area contributed by atoms with Crippen LogP contribution in [0.5, 0.6) is 0 Å². The van der Waals surface area contributed by atoms with Gasteiger partial charge in [-0.1, -0.05) is 30.3 Å². The normalized spacial score (nSPS) is 10.1. The quantitative estimate of drug-likeness (QED) is 0.784. The van der Waals surface area contributed by atoms with Crippen molar-refractivity contribution >= 4 is 5.91 Å². The lowest BCUT2D eigenvalue weighted by atomic mass is 10.1. The molecule has 2 aromatic carbocycles. The summed E-state index contributed by atoms with van der Waals surface area (Å²) in [5.41, 5.74) is 3.00. The highest BCUT2D eigenvalue weighted by Gasteiger charge is 2.10. The Balaban J connectivity index is 1.55. The highest BCUT2D eigenvalue weighted by molar-refractivity contribution is 5.78. The Morgan fingerprint density at radius 3 is 2.58 bits per heavy atom. The molecule has 0 radical (unpaired) electrons. The number of carbonyl (C=O) groups excluding carboxylic acids is 1. The van der Waals surface area contributed by atoms with Gasteiger partial charge >= 0.3 is 0 Å². The Kier molecular flexibility index (Phi) is 4.68. The molecule has 0 saturated carbocycles. The molecule has 0 bridgehead atoms. The van der Waals surface area contributed by atoms with Gasteiger partial charge in [-0.15, -0.1) is 0 Å². The van der Waals surface area contributed by atoms with Crippen molar-refractivity contribution in [2.45, 2.75) is 13.0 Å². The van der Waals surface area contributed by atoms with E-state index in [0.717, 1.165) is 11.1 Å². The van der Waals surface area contributed by atoms with Gasteiger partial charge in [-0.3, -0.25) is 4.79 Å². The van der Waals surface area contributed by atoms with E-state index in [-0.39, 0.29) is 12.3 Å². The molecule has 1 aromatic heterocycles. The van der Waals surface area contributed by atoms with E-state index in [9.17, 15) is 4.79 Å². The van der Waals surface area contributed by atoms with Crippen LogP contribution in [0.2, 0.25) is 0 Å². The van der Waals surface area contributed by atoms with Crippen LogP contribution in [0.1, 0.15) is 16.8 Å². The molecule has 0 aliphatic carbocycles. The van der Waals surface area contributed by atoms with Gasteiger partial charge in [0.15, 0.2) is 0 Å². The number of aromatic nitrogens is 1. The summed E-state index contributed by atoms with van der Waals surface area (Å²) in [4.78, 5) is 16.3. The van der Waals surface area contributed by atoms with Gasteiger partial charge in [0.1, 0.15) is 6.26 Å². The summed E-state index contributed by atoms with van der Waals surface area (Å²) in [7, 11) is 0. The van der Waals surface area contributed by atoms with Crippen LogP contribution in [0.4, 0.5) is 0 Å². The third-order valence-electron chi connectivity index (χ3n) is 3.49. The van der Waals surface area contributed by atoms with Crippen molar-refractivity contribution in [1.82, 2.24) is 10.3 Å². The van der Waals surface area contributed by atoms with Gasteiger partial charge < -0.3 is 9.73 Å². The Hall–Kier alpha value is -3.39. The van der Waals surface area contributed by atoms with E-state index in [1.807, 2.05) is 42.5 Å². The van der Waals surface area contributed by atoms with Crippen LogP contribution in [0.15, 0.2) is 65.3 Å². The summed E-state index contributed by atoms with van der Waals surface area (Å²) >= 11 is 0. The Bertz CT molecular complexity index is 862. The molecule has 3 aromatic rings. The lowest BCUT2D eigenvalue weighted by Crippen LogP contribution is -2.24. The molecule has 0 atom stereocenters. The molecule has 0 fully saturated rings. The molecular weight excluding hydrogens is 302 g/mol. The lowest BCUT2D eigenvalue weighted by Gasteiger charge is -2.04. The standard InChI is InChI=1S/C19H15N3O2/c20-11-14-6-8-15(9-7-14)12-21-18(23)10-17-13-24-19(22-17)16-4-2-1-3-5-16/h1-9,13H,10,12H2,(H,21,23). The largest absolute Gasteiger partial charge is 0.444 e. The van der Waals surface area contributed by atoms with Gasteiger partial charge in [-0.05, 0) is 29.8 Å². The monoisotopic (exact) mass is 317 g/mol. The van der Waals surface area contributed by atoms with Crippen molar-refractivity contribution in [2.24, 2.45) is 0 Å². The number of hydrogen-bond donors (Lipinski definition) is 1. The maximum absolute atomic E-state index is 12.0. The minimum Gasteiger partial charge on any atom is -0.444 e. The van der Waals surface area contributed by atoms with Crippen molar-refractivity contribution in [3.8, 4) is 17.5 Å². The van der Waals surface area contributed by atoms with Crippen LogP contribution >= 0.6 is 0 Å². The van der Waals surface area contributed by atoms with Crippen molar-refractivity contribution in [2.75, 3.05) is 0 Å². The van der Waals surface area contributed by atoms with Crippen LogP contribution in [0.25, 0.3) is 11.5 Å². The molecule has 5 nitrogen and oxygen atoms in total. The predicted octanol–water partition coefficient (Wildman–Crippen LogP) is 3.07. The highest BCUT2D eigenvalue weighted by atomic mass is 16.3. The van der Waals surface area contributed by atoms with Crippen molar-refractivity contribution in [3.63, 3.8) is 0 Å². The van der Waals surface area contributed by atoms with E-state index >= 15 is 0 Å². The first kappa shape index (κ1) is 15.5. The minimum absolute atomic E-state index is 0.132. The fraction of sp³-hybridized carbons (Fsp3) is 0.105. The van der Waals surface area contributed by atoms with Gasteiger partial charge in [0.2, 0.25) is 11.8 Å². The number of hydrogen-bond acceptors (Lipinski definition) is 4. The zero-order valence-electron chi connectivity index (χ0n) is 12.9. The minimum atomic E-state index is -0.132. The number of amides is 1. The van der Waals surface area contributed by atoms with Gasteiger partial charge in [-0.25, -0.2) is 4.98 Å². The van der Waals surface area contributed by atoms with Crippen LogP contribution in [0, 0.1) is 11.3 Å². The van der Waals surface area contributed by atoms with Gasteiger partial charge in [0, 0.05) is 12.1 Å². The number of oxazole rings is 1. The molecule has 0 saturated heterocycles. The Morgan fingerprint density at radius 1 is 1.12 bits per heavy atom. The first-order chi connectivity index (χ1) is 11.7. The van der Waals surface area contributed by atoms with E-state index in [2.05, 4.69) is 16.4 Å². The summed E-state index contributed by atoms with van der Waals surface area (Å²) in [5.74, 6) is 0.373. The van der Waals surface area contributed by atoms with E-state index < -0.39 is 0 Å². The zero-order chi connectivity index (χ0) is 16.8. The fourth-order valence-electron chi connectivity index (χ4n) is 2.23. The molecule has 24 heavy (non-hydrogen) atoms. The van der Waals surface area contributed by atoms with Gasteiger partial charge in [0.25, 0.3) is 0 Å². The average molecular weight is 317 g/mol. The lowest BCUT2D eigenvalue weighted by molar-refractivity contribution is -0.120.